The zero-order valence-corrected chi connectivity index (χ0v) is 14.7. The van der Waals surface area contributed by atoms with Crippen LogP contribution in [0, 0.1) is 5.82 Å². The fraction of sp³-hybridized carbons (Fsp3) is 0.136. The molecular formula is C22H19FN2O2. The van der Waals surface area contributed by atoms with Crippen molar-refractivity contribution in [3.8, 4) is 0 Å². The maximum atomic E-state index is 13.1. The Morgan fingerprint density at radius 1 is 1.04 bits per heavy atom. The van der Waals surface area contributed by atoms with E-state index in [9.17, 15) is 9.18 Å². The van der Waals surface area contributed by atoms with E-state index in [1.807, 2.05) is 36.5 Å². The molecule has 0 saturated carbocycles. The molecule has 2 heterocycles. The molecule has 4 nitrogen and oxygen atoms in total. The van der Waals surface area contributed by atoms with Crippen molar-refractivity contribution in [2.45, 2.75) is 19.5 Å². The average molecular weight is 362 g/mol. The van der Waals surface area contributed by atoms with Crippen molar-refractivity contribution in [2.75, 3.05) is 0 Å². The van der Waals surface area contributed by atoms with Crippen molar-refractivity contribution >= 4 is 16.8 Å². The zero-order chi connectivity index (χ0) is 18.6. The highest BCUT2D eigenvalue weighted by molar-refractivity contribution is 5.89. The first kappa shape index (κ1) is 17.1. The number of halogens is 1. The van der Waals surface area contributed by atoms with Crippen molar-refractivity contribution in [1.29, 1.82) is 0 Å². The SMILES string of the molecule is O=C(Cc1cn(Cc2ccc(F)cc2)c2ccccc12)NCc1ccco1. The third-order valence-corrected chi connectivity index (χ3v) is 4.53. The highest BCUT2D eigenvalue weighted by atomic mass is 19.1. The summed E-state index contributed by atoms with van der Waals surface area (Å²) in [5.41, 5.74) is 3.02. The van der Waals surface area contributed by atoms with Crippen LogP contribution in [0.2, 0.25) is 0 Å². The fourth-order valence-electron chi connectivity index (χ4n) is 3.22. The Morgan fingerprint density at radius 3 is 2.63 bits per heavy atom. The van der Waals surface area contributed by atoms with E-state index in [1.54, 1.807) is 24.5 Å². The van der Waals surface area contributed by atoms with Gasteiger partial charge in [-0.15, -0.1) is 0 Å². The summed E-state index contributed by atoms with van der Waals surface area (Å²) in [5, 5.41) is 3.93. The Labute approximate surface area is 156 Å². The molecule has 0 aliphatic heterocycles. The molecule has 0 spiro atoms. The number of aromatic nitrogens is 1. The average Bonchev–Trinajstić information content (AvgIpc) is 3.31. The van der Waals surface area contributed by atoms with Crippen LogP contribution in [-0.4, -0.2) is 10.5 Å². The first-order valence-corrected chi connectivity index (χ1v) is 8.79. The van der Waals surface area contributed by atoms with Gasteiger partial charge >= 0.3 is 0 Å². The topological polar surface area (TPSA) is 47.2 Å². The zero-order valence-electron chi connectivity index (χ0n) is 14.7. The van der Waals surface area contributed by atoms with Gasteiger partial charge in [-0.3, -0.25) is 4.79 Å². The molecule has 4 aromatic rings. The van der Waals surface area contributed by atoms with Gasteiger partial charge < -0.3 is 14.3 Å². The van der Waals surface area contributed by atoms with E-state index >= 15 is 0 Å². The van der Waals surface area contributed by atoms with Gasteiger partial charge in [0.2, 0.25) is 5.91 Å². The van der Waals surface area contributed by atoms with Gasteiger partial charge in [-0.25, -0.2) is 4.39 Å². The number of hydrogen-bond acceptors (Lipinski definition) is 2. The van der Waals surface area contributed by atoms with E-state index in [-0.39, 0.29) is 18.1 Å². The van der Waals surface area contributed by atoms with Crippen molar-refractivity contribution in [2.24, 2.45) is 0 Å². The monoisotopic (exact) mass is 362 g/mol. The number of nitrogens with one attached hydrogen (secondary N) is 1. The van der Waals surface area contributed by atoms with E-state index < -0.39 is 0 Å². The van der Waals surface area contributed by atoms with Gasteiger partial charge in [0.15, 0.2) is 0 Å². The first-order chi connectivity index (χ1) is 13.2. The Morgan fingerprint density at radius 2 is 1.85 bits per heavy atom. The number of nitrogens with zero attached hydrogens (tertiary/aromatic N) is 1. The molecule has 1 amide bonds. The van der Waals surface area contributed by atoms with E-state index in [1.165, 1.54) is 12.1 Å². The predicted octanol–water partition coefficient (Wildman–Crippen LogP) is 4.28. The Kier molecular flexibility index (Phi) is 4.75. The lowest BCUT2D eigenvalue weighted by atomic mass is 10.1. The number of carbonyl (C=O) groups excluding carboxylic acids is 1. The predicted molar refractivity (Wildman–Crippen MR) is 102 cm³/mol. The van der Waals surface area contributed by atoms with E-state index in [2.05, 4.69) is 9.88 Å². The molecule has 2 aromatic carbocycles. The molecule has 0 aliphatic carbocycles. The summed E-state index contributed by atoms with van der Waals surface area (Å²) >= 11 is 0. The van der Waals surface area contributed by atoms with Crippen molar-refractivity contribution in [3.05, 3.63) is 95.8 Å². The number of furan rings is 1. The number of amides is 1. The van der Waals surface area contributed by atoms with Gasteiger partial charge in [0.25, 0.3) is 0 Å². The largest absolute Gasteiger partial charge is 0.467 e. The molecule has 0 unspecified atom stereocenters. The molecule has 4 rings (SSSR count). The minimum Gasteiger partial charge on any atom is -0.467 e. The summed E-state index contributed by atoms with van der Waals surface area (Å²) < 4.78 is 20.5. The molecule has 0 bridgehead atoms. The van der Waals surface area contributed by atoms with Crippen LogP contribution in [-0.2, 0) is 24.3 Å². The van der Waals surface area contributed by atoms with Crippen LogP contribution in [0.15, 0.2) is 77.5 Å². The van der Waals surface area contributed by atoms with Gasteiger partial charge in [0, 0.05) is 23.6 Å². The Balaban J connectivity index is 1.54. The second-order valence-corrected chi connectivity index (χ2v) is 6.46. The molecule has 0 atom stereocenters. The van der Waals surface area contributed by atoms with Crippen molar-refractivity contribution < 1.29 is 13.6 Å². The van der Waals surface area contributed by atoms with E-state index in [0.717, 1.165) is 27.8 Å². The fourth-order valence-corrected chi connectivity index (χ4v) is 3.22. The van der Waals surface area contributed by atoms with Crippen LogP contribution >= 0.6 is 0 Å². The summed E-state index contributed by atoms with van der Waals surface area (Å²) in [7, 11) is 0. The van der Waals surface area contributed by atoms with Crippen LogP contribution in [0.25, 0.3) is 10.9 Å². The number of fused-ring (bicyclic) bond motifs is 1. The maximum Gasteiger partial charge on any atom is 0.224 e. The molecule has 0 radical (unpaired) electrons. The van der Waals surface area contributed by atoms with Crippen LogP contribution in [0.4, 0.5) is 4.39 Å². The van der Waals surface area contributed by atoms with Gasteiger partial charge in [-0.05, 0) is 41.5 Å². The van der Waals surface area contributed by atoms with Crippen LogP contribution < -0.4 is 5.32 Å². The molecule has 0 fully saturated rings. The first-order valence-electron chi connectivity index (χ1n) is 8.79. The second-order valence-electron chi connectivity index (χ2n) is 6.46. The molecule has 27 heavy (non-hydrogen) atoms. The van der Waals surface area contributed by atoms with Gasteiger partial charge in [-0.1, -0.05) is 30.3 Å². The molecule has 2 aromatic heterocycles. The summed E-state index contributed by atoms with van der Waals surface area (Å²) in [4.78, 5) is 12.4. The second kappa shape index (κ2) is 7.50. The maximum absolute atomic E-state index is 13.1. The van der Waals surface area contributed by atoms with Crippen molar-refractivity contribution in [1.82, 2.24) is 9.88 Å². The van der Waals surface area contributed by atoms with E-state index in [0.29, 0.717) is 13.1 Å². The quantitative estimate of drug-likeness (QED) is 0.556. The van der Waals surface area contributed by atoms with Crippen LogP contribution in [0.5, 0.6) is 0 Å². The number of benzene rings is 2. The summed E-state index contributed by atoms with van der Waals surface area (Å²) in [5.74, 6) is 0.420. The number of hydrogen-bond donors (Lipinski definition) is 1. The standard InChI is InChI=1S/C22H19FN2O2/c23-18-9-7-16(8-10-18)14-25-15-17(20-5-1-2-6-21(20)25)12-22(26)24-13-19-4-3-11-27-19/h1-11,15H,12-14H2,(H,24,26). The Hall–Kier alpha value is -3.34. The minimum absolute atomic E-state index is 0.0592. The van der Waals surface area contributed by atoms with Gasteiger partial charge in [-0.2, -0.15) is 0 Å². The molecule has 0 aliphatic rings. The number of rotatable bonds is 6. The summed E-state index contributed by atoms with van der Waals surface area (Å²) in [6.45, 7) is 0.995. The Bertz CT molecular complexity index is 1050. The third kappa shape index (κ3) is 3.92. The lowest BCUT2D eigenvalue weighted by molar-refractivity contribution is -0.120. The molecule has 136 valence electrons. The highest BCUT2D eigenvalue weighted by Gasteiger charge is 2.12. The summed E-state index contributed by atoms with van der Waals surface area (Å²) in [6.07, 6.45) is 3.88. The van der Waals surface area contributed by atoms with Crippen LogP contribution in [0.3, 0.4) is 0 Å². The van der Waals surface area contributed by atoms with Crippen LogP contribution in [0.1, 0.15) is 16.9 Å². The van der Waals surface area contributed by atoms with E-state index in [4.69, 9.17) is 4.42 Å². The summed E-state index contributed by atoms with van der Waals surface area (Å²) in [6, 6.07) is 18.1. The molecule has 1 N–H and O–H groups in total. The molecule has 0 saturated heterocycles. The minimum atomic E-state index is -0.245. The normalized spacial score (nSPS) is 11.0. The number of carbonyl (C=O) groups is 1. The molecule has 5 heteroatoms. The highest BCUT2D eigenvalue weighted by Crippen LogP contribution is 2.23. The van der Waals surface area contributed by atoms with Gasteiger partial charge in [0.05, 0.1) is 19.2 Å². The molecular weight excluding hydrogens is 343 g/mol. The number of para-hydroxylation sites is 1. The van der Waals surface area contributed by atoms with Crippen molar-refractivity contribution in [3.63, 3.8) is 0 Å². The lowest BCUT2D eigenvalue weighted by Crippen LogP contribution is -2.24. The lowest BCUT2D eigenvalue weighted by Gasteiger charge is -2.05. The smallest absolute Gasteiger partial charge is 0.224 e. The van der Waals surface area contributed by atoms with Gasteiger partial charge in [0.1, 0.15) is 11.6 Å². The third-order valence-electron chi connectivity index (χ3n) is 4.53.